The van der Waals surface area contributed by atoms with Gasteiger partial charge in [0.15, 0.2) is 5.69 Å². The summed E-state index contributed by atoms with van der Waals surface area (Å²) in [6.07, 6.45) is 0. The molecule has 4 rings (SSSR count). The van der Waals surface area contributed by atoms with Crippen molar-refractivity contribution in [2.24, 2.45) is 7.05 Å². The summed E-state index contributed by atoms with van der Waals surface area (Å²) in [6, 6.07) is 13.6. The van der Waals surface area contributed by atoms with Gasteiger partial charge >= 0.3 is 5.56 Å². The number of nitrogens with zero attached hydrogens (tertiary/aromatic N) is 4. The van der Waals surface area contributed by atoms with Crippen molar-refractivity contribution >= 4 is 0 Å². The van der Waals surface area contributed by atoms with Gasteiger partial charge in [-0.2, -0.15) is 5.10 Å². The van der Waals surface area contributed by atoms with E-state index in [1.807, 2.05) is 61.0 Å². The van der Waals surface area contributed by atoms with E-state index in [1.54, 1.807) is 0 Å². The molecular weight excluding hydrogens is 380 g/mol. The van der Waals surface area contributed by atoms with Crippen LogP contribution < -0.4 is 10.3 Å². The second kappa shape index (κ2) is 7.67. The van der Waals surface area contributed by atoms with Crippen molar-refractivity contribution in [3.63, 3.8) is 0 Å². The van der Waals surface area contributed by atoms with E-state index in [0.29, 0.717) is 6.61 Å². The normalized spacial score (nSPS) is 11.1. The Bertz CT molecular complexity index is 1260. The van der Waals surface area contributed by atoms with Crippen molar-refractivity contribution in [2.45, 2.75) is 34.3 Å². The molecule has 0 aliphatic carbocycles. The zero-order valence-electron chi connectivity index (χ0n) is 17.8. The van der Waals surface area contributed by atoms with Crippen LogP contribution in [-0.4, -0.2) is 19.7 Å². The lowest BCUT2D eigenvalue weighted by molar-refractivity contribution is 0.216. The van der Waals surface area contributed by atoms with Gasteiger partial charge in [-0.15, -0.1) is 4.74 Å². The minimum Gasteiger partial charge on any atom is -0.489 e. The highest BCUT2D eigenvalue weighted by Crippen LogP contribution is 2.25. The van der Waals surface area contributed by atoms with Crippen LogP contribution >= 0.6 is 0 Å². The Morgan fingerprint density at radius 3 is 2.37 bits per heavy atom. The molecule has 0 bridgehead atoms. The van der Waals surface area contributed by atoms with Crippen LogP contribution in [0.5, 0.6) is 5.75 Å². The molecule has 0 amide bonds. The van der Waals surface area contributed by atoms with E-state index in [4.69, 9.17) is 9.37 Å². The topological polar surface area (TPSA) is 75.1 Å². The highest BCUT2D eigenvalue weighted by atomic mass is 16.6. The van der Waals surface area contributed by atoms with E-state index >= 15 is 0 Å². The number of ether oxygens (including phenoxy) is 1. The number of benzene rings is 2. The fourth-order valence-corrected chi connectivity index (χ4v) is 3.42. The second-order valence-electron chi connectivity index (χ2n) is 7.42. The Morgan fingerprint density at radius 1 is 1.03 bits per heavy atom. The minimum atomic E-state index is -0.272. The second-order valence-corrected chi connectivity index (χ2v) is 7.42. The molecule has 0 N–H and O–H groups in total. The van der Waals surface area contributed by atoms with Gasteiger partial charge < -0.3 is 4.74 Å². The summed E-state index contributed by atoms with van der Waals surface area (Å²) >= 11 is 0. The Hall–Kier alpha value is -3.61. The van der Waals surface area contributed by atoms with Gasteiger partial charge in [-0.1, -0.05) is 18.2 Å². The average molecular weight is 404 g/mol. The fourth-order valence-electron chi connectivity index (χ4n) is 3.42. The van der Waals surface area contributed by atoms with Crippen LogP contribution in [0, 0.1) is 27.7 Å². The molecule has 2 aromatic carbocycles. The summed E-state index contributed by atoms with van der Waals surface area (Å²) in [6.45, 7) is 8.46. The molecular formula is C23H24N4O3. The smallest absolute Gasteiger partial charge is 0.310 e. The third-order valence-corrected chi connectivity index (χ3v) is 5.53. The molecule has 0 fully saturated rings. The van der Waals surface area contributed by atoms with Gasteiger partial charge in [0.2, 0.25) is 0 Å². The highest BCUT2D eigenvalue weighted by molar-refractivity contribution is 5.64. The molecule has 0 unspecified atom stereocenters. The average Bonchev–Trinajstić information content (AvgIpc) is 3.21. The standard InChI is InChI=1S/C23H24N4O3/c1-14-7-6-8-20(22-23(28)26(5)30-25-22)21(14)13-29-19-11-9-18(10-12-19)27-17(4)15(2)16(3)24-27/h6-12H,13H2,1-5H3. The highest BCUT2D eigenvalue weighted by Gasteiger charge is 2.17. The maximum atomic E-state index is 12.3. The van der Waals surface area contributed by atoms with Crippen molar-refractivity contribution in [3.05, 3.63) is 80.9 Å². The number of rotatable bonds is 5. The van der Waals surface area contributed by atoms with Crippen molar-refractivity contribution in [1.82, 2.24) is 19.7 Å². The van der Waals surface area contributed by atoms with Crippen LogP contribution in [-0.2, 0) is 13.7 Å². The van der Waals surface area contributed by atoms with E-state index in [1.165, 1.54) is 12.6 Å². The van der Waals surface area contributed by atoms with Gasteiger partial charge in [-0.25, -0.2) is 4.68 Å². The first kappa shape index (κ1) is 19.7. The van der Waals surface area contributed by atoms with Crippen LogP contribution in [0.3, 0.4) is 0 Å². The molecule has 0 spiro atoms. The fraction of sp³-hybridized carbons (Fsp3) is 0.261. The van der Waals surface area contributed by atoms with Gasteiger partial charge in [0.05, 0.1) is 18.4 Å². The first-order valence-electron chi connectivity index (χ1n) is 9.75. The first-order valence-corrected chi connectivity index (χ1v) is 9.75. The van der Waals surface area contributed by atoms with Crippen LogP contribution in [0.4, 0.5) is 0 Å². The number of aryl methyl sites for hydroxylation is 3. The monoisotopic (exact) mass is 404 g/mol. The Kier molecular flexibility index (Phi) is 5.03. The predicted octanol–water partition coefficient (Wildman–Crippen LogP) is 4.04. The van der Waals surface area contributed by atoms with Crippen molar-refractivity contribution in [2.75, 3.05) is 0 Å². The lowest BCUT2D eigenvalue weighted by atomic mass is 10.0. The Balaban J connectivity index is 1.58. The molecule has 0 saturated heterocycles. The first-order chi connectivity index (χ1) is 14.4. The zero-order chi connectivity index (χ0) is 21.4. The molecule has 0 aliphatic heterocycles. The summed E-state index contributed by atoms with van der Waals surface area (Å²) in [5.74, 6) is 0.735. The molecule has 0 radical (unpaired) electrons. The molecule has 7 heteroatoms. The molecule has 2 heterocycles. The van der Waals surface area contributed by atoms with Gasteiger partial charge in [0, 0.05) is 16.8 Å². The predicted molar refractivity (Wildman–Crippen MR) is 114 cm³/mol. The summed E-state index contributed by atoms with van der Waals surface area (Å²) in [5, 5.41) is 8.51. The summed E-state index contributed by atoms with van der Waals surface area (Å²) in [4.78, 5) is 12.3. The van der Waals surface area contributed by atoms with Crippen LogP contribution in [0.1, 0.15) is 28.1 Å². The number of hydrogen-bond donors (Lipinski definition) is 0. The Morgan fingerprint density at radius 2 is 1.77 bits per heavy atom. The molecule has 0 saturated carbocycles. The molecule has 30 heavy (non-hydrogen) atoms. The maximum absolute atomic E-state index is 12.3. The van der Waals surface area contributed by atoms with Crippen molar-refractivity contribution < 1.29 is 9.37 Å². The van der Waals surface area contributed by atoms with E-state index in [0.717, 1.165) is 44.3 Å². The number of aromatic nitrogens is 4. The molecule has 0 aliphatic rings. The van der Waals surface area contributed by atoms with Crippen LogP contribution in [0.25, 0.3) is 16.9 Å². The maximum Gasteiger partial charge on any atom is 0.310 e. The van der Waals surface area contributed by atoms with E-state index in [-0.39, 0.29) is 11.3 Å². The summed E-state index contributed by atoms with van der Waals surface area (Å²) < 4.78 is 14.1. The largest absolute Gasteiger partial charge is 0.489 e. The number of hydrogen-bond acceptors (Lipinski definition) is 5. The van der Waals surface area contributed by atoms with Crippen LogP contribution in [0.2, 0.25) is 0 Å². The van der Waals surface area contributed by atoms with Gasteiger partial charge in [-0.05, 0) is 68.2 Å². The van der Waals surface area contributed by atoms with Gasteiger partial charge in [0.25, 0.3) is 0 Å². The lowest BCUT2D eigenvalue weighted by Crippen LogP contribution is -2.13. The van der Waals surface area contributed by atoms with Gasteiger partial charge in [-0.3, -0.25) is 9.42 Å². The SMILES string of the molecule is Cc1cccc(-c2non(C)c2=O)c1COc1ccc(-n2nc(C)c(C)c2C)cc1. The molecule has 2 aromatic heterocycles. The van der Waals surface area contributed by atoms with Crippen LogP contribution in [0.15, 0.2) is 51.9 Å². The third kappa shape index (κ3) is 3.43. The molecule has 154 valence electrons. The van der Waals surface area contributed by atoms with Crippen molar-refractivity contribution in [1.29, 1.82) is 0 Å². The minimum absolute atomic E-state index is 0.272. The lowest BCUT2D eigenvalue weighted by Gasteiger charge is -2.13. The molecule has 4 aromatic rings. The molecule has 0 atom stereocenters. The Labute approximate surface area is 174 Å². The van der Waals surface area contributed by atoms with E-state index in [9.17, 15) is 4.79 Å². The van der Waals surface area contributed by atoms with E-state index in [2.05, 4.69) is 24.1 Å². The third-order valence-electron chi connectivity index (χ3n) is 5.53. The summed E-state index contributed by atoms with van der Waals surface area (Å²) in [5.41, 5.74) is 6.99. The molecule has 7 nitrogen and oxygen atoms in total. The summed E-state index contributed by atoms with van der Waals surface area (Å²) in [7, 11) is 1.54. The van der Waals surface area contributed by atoms with E-state index < -0.39 is 0 Å². The quantitative estimate of drug-likeness (QED) is 0.502. The zero-order valence-corrected chi connectivity index (χ0v) is 17.8. The van der Waals surface area contributed by atoms with Gasteiger partial charge in [0.1, 0.15) is 12.4 Å². The van der Waals surface area contributed by atoms with Crippen molar-refractivity contribution in [3.8, 4) is 22.7 Å².